The number of hydrogen-bond donors (Lipinski definition) is 1. The molecule has 29 heavy (non-hydrogen) atoms. The van der Waals surface area contributed by atoms with Crippen LogP contribution in [0.4, 0.5) is 5.82 Å². The Balaban J connectivity index is 1.56. The molecule has 1 aliphatic rings. The van der Waals surface area contributed by atoms with E-state index in [-0.39, 0.29) is 18.1 Å². The first-order valence-electron chi connectivity index (χ1n) is 10.3. The number of benzene rings is 1. The van der Waals surface area contributed by atoms with E-state index in [9.17, 15) is 4.79 Å². The molecule has 1 saturated heterocycles. The lowest BCUT2D eigenvalue weighted by Crippen LogP contribution is -2.26. The molecule has 2 heterocycles. The summed E-state index contributed by atoms with van der Waals surface area (Å²) >= 11 is 0. The number of rotatable bonds is 8. The number of amides is 1. The van der Waals surface area contributed by atoms with E-state index in [1.807, 2.05) is 31.2 Å². The van der Waals surface area contributed by atoms with E-state index < -0.39 is 0 Å². The van der Waals surface area contributed by atoms with Gasteiger partial charge in [-0.2, -0.15) is 0 Å². The van der Waals surface area contributed by atoms with E-state index in [0.29, 0.717) is 6.61 Å². The van der Waals surface area contributed by atoms with Gasteiger partial charge in [0.1, 0.15) is 23.4 Å². The fraction of sp³-hybridized carbons (Fsp3) is 0.478. The standard InChI is InChI=1S/C23H31N3O3/c1-5-12-28-22-13-16(2)23(24-14-22)26-11-10-21(15-26)29-20-8-6-19(7-9-20)17(3)25-18(4)27/h6-9,13-14,17,21H,5,10-12,15H2,1-4H3,(H,25,27)/t17-,21?/m0/s1. The van der Waals surface area contributed by atoms with Crippen molar-refractivity contribution in [2.45, 2.75) is 52.7 Å². The monoisotopic (exact) mass is 397 g/mol. The lowest BCUT2D eigenvalue weighted by molar-refractivity contribution is -0.119. The second-order valence-electron chi connectivity index (χ2n) is 7.63. The Kier molecular flexibility index (Phi) is 6.96. The second-order valence-corrected chi connectivity index (χ2v) is 7.63. The molecule has 1 N–H and O–H groups in total. The number of aromatic nitrogens is 1. The van der Waals surface area contributed by atoms with Crippen LogP contribution in [0.1, 0.15) is 50.8 Å². The Bertz CT molecular complexity index is 823. The average Bonchev–Trinajstić information content (AvgIpc) is 3.14. The van der Waals surface area contributed by atoms with Crippen molar-refractivity contribution in [2.75, 3.05) is 24.6 Å². The zero-order valence-corrected chi connectivity index (χ0v) is 17.8. The van der Waals surface area contributed by atoms with E-state index >= 15 is 0 Å². The smallest absolute Gasteiger partial charge is 0.217 e. The number of anilines is 1. The Labute approximate surface area is 173 Å². The van der Waals surface area contributed by atoms with E-state index in [4.69, 9.17) is 9.47 Å². The van der Waals surface area contributed by atoms with Crippen molar-refractivity contribution in [1.82, 2.24) is 10.3 Å². The summed E-state index contributed by atoms with van der Waals surface area (Å²) in [6, 6.07) is 10.00. The first kappa shape index (κ1) is 21.0. The fourth-order valence-electron chi connectivity index (χ4n) is 3.60. The molecular weight excluding hydrogens is 366 g/mol. The summed E-state index contributed by atoms with van der Waals surface area (Å²) < 4.78 is 11.9. The summed E-state index contributed by atoms with van der Waals surface area (Å²) in [5.41, 5.74) is 2.18. The SMILES string of the molecule is CCCOc1cnc(N2CCC(Oc3ccc([C@H](C)NC(C)=O)cc3)C2)c(C)c1. The minimum Gasteiger partial charge on any atom is -0.492 e. The molecule has 0 saturated carbocycles. The van der Waals surface area contributed by atoms with Crippen molar-refractivity contribution in [3.05, 3.63) is 47.7 Å². The van der Waals surface area contributed by atoms with Crippen molar-refractivity contribution in [2.24, 2.45) is 0 Å². The average molecular weight is 398 g/mol. The highest BCUT2D eigenvalue weighted by atomic mass is 16.5. The van der Waals surface area contributed by atoms with Gasteiger partial charge in [-0.05, 0) is 49.6 Å². The minimum atomic E-state index is -0.0299. The van der Waals surface area contributed by atoms with Crippen LogP contribution >= 0.6 is 0 Å². The summed E-state index contributed by atoms with van der Waals surface area (Å²) in [6.45, 7) is 10.1. The van der Waals surface area contributed by atoms with Crippen LogP contribution in [-0.2, 0) is 4.79 Å². The molecule has 6 heteroatoms. The van der Waals surface area contributed by atoms with Gasteiger partial charge < -0.3 is 19.7 Å². The highest BCUT2D eigenvalue weighted by molar-refractivity contribution is 5.73. The molecule has 0 aliphatic carbocycles. The number of hydrogen-bond acceptors (Lipinski definition) is 5. The minimum absolute atomic E-state index is 0.0122. The summed E-state index contributed by atoms with van der Waals surface area (Å²) in [5, 5.41) is 2.89. The summed E-state index contributed by atoms with van der Waals surface area (Å²) in [7, 11) is 0. The van der Waals surface area contributed by atoms with E-state index in [0.717, 1.165) is 54.4 Å². The first-order chi connectivity index (χ1) is 14.0. The maximum absolute atomic E-state index is 11.2. The third-order valence-corrected chi connectivity index (χ3v) is 5.05. The third-order valence-electron chi connectivity index (χ3n) is 5.05. The van der Waals surface area contributed by atoms with Gasteiger partial charge in [-0.3, -0.25) is 4.79 Å². The van der Waals surface area contributed by atoms with E-state index in [2.05, 4.69) is 35.1 Å². The molecule has 1 fully saturated rings. The van der Waals surface area contributed by atoms with Crippen LogP contribution in [0.15, 0.2) is 36.5 Å². The zero-order valence-electron chi connectivity index (χ0n) is 17.8. The predicted octanol–water partition coefficient (Wildman–Crippen LogP) is 4.03. The third kappa shape index (κ3) is 5.62. The fourth-order valence-corrected chi connectivity index (χ4v) is 3.60. The number of ether oxygens (including phenoxy) is 2. The van der Waals surface area contributed by atoms with E-state index in [1.165, 1.54) is 6.92 Å². The molecular formula is C23H31N3O3. The molecule has 2 atom stereocenters. The van der Waals surface area contributed by atoms with Crippen LogP contribution in [0.2, 0.25) is 0 Å². The highest BCUT2D eigenvalue weighted by Crippen LogP contribution is 2.27. The molecule has 0 bridgehead atoms. The van der Waals surface area contributed by atoms with Crippen molar-refractivity contribution in [3.8, 4) is 11.5 Å². The van der Waals surface area contributed by atoms with Gasteiger partial charge in [0.15, 0.2) is 0 Å². The van der Waals surface area contributed by atoms with Crippen molar-refractivity contribution < 1.29 is 14.3 Å². The highest BCUT2D eigenvalue weighted by Gasteiger charge is 2.26. The molecule has 3 rings (SSSR count). The number of pyridine rings is 1. The van der Waals surface area contributed by atoms with Crippen LogP contribution in [0.5, 0.6) is 11.5 Å². The number of carbonyl (C=O) groups is 1. The van der Waals surface area contributed by atoms with Gasteiger partial charge in [0.25, 0.3) is 0 Å². The molecule has 1 aliphatic heterocycles. The molecule has 2 aromatic rings. The Morgan fingerprint density at radius 3 is 2.72 bits per heavy atom. The van der Waals surface area contributed by atoms with Crippen molar-refractivity contribution >= 4 is 11.7 Å². The molecule has 1 amide bonds. The zero-order chi connectivity index (χ0) is 20.8. The van der Waals surface area contributed by atoms with Gasteiger partial charge in [0, 0.05) is 19.9 Å². The van der Waals surface area contributed by atoms with Gasteiger partial charge in [0.2, 0.25) is 5.91 Å². The van der Waals surface area contributed by atoms with Crippen molar-refractivity contribution in [1.29, 1.82) is 0 Å². The Morgan fingerprint density at radius 2 is 2.07 bits per heavy atom. The first-order valence-corrected chi connectivity index (χ1v) is 10.3. The lowest BCUT2D eigenvalue weighted by atomic mass is 10.1. The summed E-state index contributed by atoms with van der Waals surface area (Å²) in [5.74, 6) is 2.65. The predicted molar refractivity (Wildman–Crippen MR) is 115 cm³/mol. The lowest BCUT2D eigenvalue weighted by Gasteiger charge is -2.20. The quantitative estimate of drug-likeness (QED) is 0.728. The summed E-state index contributed by atoms with van der Waals surface area (Å²) in [6.07, 6.45) is 3.88. The van der Waals surface area contributed by atoms with Crippen LogP contribution in [0.25, 0.3) is 0 Å². The maximum Gasteiger partial charge on any atom is 0.217 e. The van der Waals surface area contributed by atoms with Crippen LogP contribution < -0.4 is 19.7 Å². The molecule has 0 spiro atoms. The molecule has 1 aromatic carbocycles. The molecule has 0 radical (unpaired) electrons. The van der Waals surface area contributed by atoms with Gasteiger partial charge >= 0.3 is 0 Å². The Morgan fingerprint density at radius 1 is 1.31 bits per heavy atom. The van der Waals surface area contributed by atoms with Gasteiger partial charge in [0.05, 0.1) is 25.4 Å². The Hall–Kier alpha value is -2.76. The number of nitrogens with one attached hydrogen (secondary N) is 1. The largest absolute Gasteiger partial charge is 0.492 e. The van der Waals surface area contributed by atoms with Crippen molar-refractivity contribution in [3.63, 3.8) is 0 Å². The van der Waals surface area contributed by atoms with Gasteiger partial charge in [-0.15, -0.1) is 0 Å². The topological polar surface area (TPSA) is 63.7 Å². The van der Waals surface area contributed by atoms with Crippen LogP contribution in [-0.4, -0.2) is 36.7 Å². The second kappa shape index (κ2) is 9.63. The number of nitrogens with zero attached hydrogens (tertiary/aromatic N) is 2. The number of aryl methyl sites for hydroxylation is 1. The maximum atomic E-state index is 11.2. The summed E-state index contributed by atoms with van der Waals surface area (Å²) in [4.78, 5) is 18.1. The van der Waals surface area contributed by atoms with Crippen LogP contribution in [0, 0.1) is 6.92 Å². The molecule has 156 valence electrons. The number of carbonyl (C=O) groups excluding carboxylic acids is 1. The normalized spacial score (nSPS) is 17.1. The van der Waals surface area contributed by atoms with Crippen LogP contribution in [0.3, 0.4) is 0 Å². The molecule has 1 unspecified atom stereocenters. The molecule has 1 aromatic heterocycles. The van der Waals surface area contributed by atoms with Gasteiger partial charge in [-0.1, -0.05) is 19.1 Å². The van der Waals surface area contributed by atoms with Gasteiger partial charge in [-0.25, -0.2) is 4.98 Å². The molecule has 6 nitrogen and oxygen atoms in total. The van der Waals surface area contributed by atoms with E-state index in [1.54, 1.807) is 6.20 Å².